The van der Waals surface area contributed by atoms with Crippen LogP contribution < -0.4 is 21.3 Å². The molecule has 1 rings (SSSR count). The van der Waals surface area contributed by atoms with Crippen molar-refractivity contribution < 1.29 is 0 Å². The summed E-state index contributed by atoms with van der Waals surface area (Å²) in [6.45, 7) is 9.92. The van der Waals surface area contributed by atoms with Crippen LogP contribution in [-0.4, -0.2) is 71.3 Å². The third-order valence-corrected chi connectivity index (χ3v) is 5.43. The Morgan fingerprint density at radius 3 is 1.00 bits per heavy atom. The molecule has 0 aromatic carbocycles. The first-order chi connectivity index (χ1) is 10.3. The smallest absolute Gasteiger partial charge is 0.0746 e. The highest BCUT2D eigenvalue weighted by atomic mass is 35.5. The fourth-order valence-electron chi connectivity index (χ4n) is 2.15. The van der Waals surface area contributed by atoms with Gasteiger partial charge in [-0.25, -0.2) is 0 Å². The molecule has 0 aromatic heterocycles. The van der Waals surface area contributed by atoms with E-state index < -0.39 is 0 Å². The van der Waals surface area contributed by atoms with Gasteiger partial charge in [-0.05, 0) is 61.0 Å². The molecular formula is C12H26Cl4N6. The minimum Gasteiger partial charge on any atom is -0.313 e. The molecule has 0 aliphatic carbocycles. The third kappa shape index (κ3) is 6.81. The number of hydrogen-bond donors (Lipinski definition) is 4. The summed E-state index contributed by atoms with van der Waals surface area (Å²) < 4.78 is 2.44. The topological polar surface area (TPSA) is 54.6 Å². The fourth-order valence-corrected chi connectivity index (χ4v) is 2.63. The Morgan fingerprint density at radius 2 is 0.818 bits per heavy atom. The summed E-state index contributed by atoms with van der Waals surface area (Å²) >= 11 is 23.9. The van der Waals surface area contributed by atoms with Gasteiger partial charge in [0.25, 0.3) is 0 Å². The maximum atomic E-state index is 5.97. The van der Waals surface area contributed by atoms with Gasteiger partial charge in [0, 0.05) is 52.4 Å². The SMILES string of the molecule is CC1(N(Cl)Cl)CNCCNCC(C)(N(Cl)Cl)CNCCNC1. The molecule has 10 heteroatoms. The molecule has 1 saturated heterocycles. The zero-order valence-corrected chi connectivity index (χ0v) is 16.1. The van der Waals surface area contributed by atoms with Crippen molar-refractivity contribution >= 4 is 47.1 Å². The fraction of sp³-hybridized carbons (Fsp3) is 1.00. The number of rotatable bonds is 2. The minimum atomic E-state index is -0.370. The van der Waals surface area contributed by atoms with E-state index in [-0.39, 0.29) is 11.1 Å². The summed E-state index contributed by atoms with van der Waals surface area (Å²) in [5.74, 6) is 0. The van der Waals surface area contributed by atoms with Gasteiger partial charge in [0.1, 0.15) is 0 Å². The van der Waals surface area contributed by atoms with E-state index in [9.17, 15) is 0 Å². The highest BCUT2D eigenvalue weighted by Gasteiger charge is 2.31. The third-order valence-electron chi connectivity index (χ3n) is 3.80. The van der Waals surface area contributed by atoms with Crippen LogP contribution in [0.15, 0.2) is 0 Å². The Morgan fingerprint density at radius 1 is 0.591 bits per heavy atom. The zero-order valence-electron chi connectivity index (χ0n) is 13.1. The van der Waals surface area contributed by atoms with E-state index in [0.717, 1.165) is 26.2 Å². The van der Waals surface area contributed by atoms with Crippen LogP contribution in [0, 0.1) is 0 Å². The highest BCUT2D eigenvalue weighted by Crippen LogP contribution is 2.20. The average Bonchev–Trinajstić information content (AvgIpc) is 2.45. The van der Waals surface area contributed by atoms with Gasteiger partial charge in [-0.15, -0.1) is 7.88 Å². The van der Waals surface area contributed by atoms with E-state index in [2.05, 4.69) is 21.3 Å². The van der Waals surface area contributed by atoms with E-state index >= 15 is 0 Å². The molecule has 0 radical (unpaired) electrons. The molecule has 0 saturated carbocycles. The number of halogens is 4. The van der Waals surface area contributed by atoms with Crippen LogP contribution in [-0.2, 0) is 0 Å². The molecule has 1 aliphatic rings. The van der Waals surface area contributed by atoms with Crippen LogP contribution in [0.25, 0.3) is 0 Å². The Balaban J connectivity index is 2.57. The Bertz CT molecular complexity index is 272. The van der Waals surface area contributed by atoms with E-state index in [0.29, 0.717) is 26.2 Å². The van der Waals surface area contributed by atoms with Gasteiger partial charge in [-0.1, -0.05) is 0 Å². The van der Waals surface area contributed by atoms with E-state index in [1.807, 2.05) is 13.8 Å². The molecule has 1 aliphatic heterocycles. The Kier molecular flexibility index (Phi) is 9.56. The van der Waals surface area contributed by atoms with Gasteiger partial charge in [0.15, 0.2) is 0 Å². The van der Waals surface area contributed by atoms with Gasteiger partial charge in [-0.2, -0.15) is 0 Å². The van der Waals surface area contributed by atoms with Crippen LogP contribution in [0.5, 0.6) is 0 Å². The lowest BCUT2D eigenvalue weighted by Gasteiger charge is -2.35. The second kappa shape index (κ2) is 10.0. The van der Waals surface area contributed by atoms with Crippen molar-refractivity contribution in [3.63, 3.8) is 0 Å². The molecule has 4 N–H and O–H groups in total. The predicted molar refractivity (Wildman–Crippen MR) is 95.4 cm³/mol. The minimum absolute atomic E-state index is 0.370. The van der Waals surface area contributed by atoms with Crippen LogP contribution in [0.3, 0.4) is 0 Å². The summed E-state index contributed by atoms with van der Waals surface area (Å²) in [5, 5.41) is 13.4. The number of nitrogens with zero attached hydrogens (tertiary/aromatic N) is 2. The van der Waals surface area contributed by atoms with Gasteiger partial charge >= 0.3 is 0 Å². The predicted octanol–water partition coefficient (Wildman–Crippen LogP) is 1.09. The molecule has 0 atom stereocenters. The summed E-state index contributed by atoms with van der Waals surface area (Å²) in [6.07, 6.45) is 0. The van der Waals surface area contributed by atoms with Crippen molar-refractivity contribution in [2.24, 2.45) is 0 Å². The first kappa shape index (κ1) is 21.0. The molecule has 1 heterocycles. The molecule has 0 bridgehead atoms. The average molecular weight is 396 g/mol. The van der Waals surface area contributed by atoms with Crippen molar-refractivity contribution in [3.8, 4) is 0 Å². The summed E-state index contributed by atoms with van der Waals surface area (Å²) in [4.78, 5) is 0. The van der Waals surface area contributed by atoms with E-state index in [1.165, 1.54) is 7.88 Å². The first-order valence-corrected chi connectivity index (χ1v) is 8.72. The quantitative estimate of drug-likeness (QED) is 0.525. The van der Waals surface area contributed by atoms with Crippen molar-refractivity contribution in [3.05, 3.63) is 0 Å². The van der Waals surface area contributed by atoms with Gasteiger partial charge in [0.05, 0.1) is 11.1 Å². The van der Waals surface area contributed by atoms with Crippen LogP contribution in [0.2, 0.25) is 0 Å². The molecule has 0 unspecified atom stereocenters. The van der Waals surface area contributed by atoms with Crippen molar-refractivity contribution in [2.45, 2.75) is 24.9 Å². The summed E-state index contributed by atoms with van der Waals surface area (Å²) in [5.41, 5.74) is -0.740. The van der Waals surface area contributed by atoms with E-state index in [4.69, 9.17) is 47.1 Å². The molecule has 1 fully saturated rings. The maximum absolute atomic E-state index is 5.97. The van der Waals surface area contributed by atoms with Crippen molar-refractivity contribution in [1.29, 1.82) is 0 Å². The monoisotopic (exact) mass is 394 g/mol. The Labute approximate surface area is 153 Å². The largest absolute Gasteiger partial charge is 0.313 e. The van der Waals surface area contributed by atoms with Crippen LogP contribution in [0.4, 0.5) is 0 Å². The zero-order chi connectivity index (χ0) is 16.6. The first-order valence-electron chi connectivity index (χ1n) is 7.37. The van der Waals surface area contributed by atoms with Crippen molar-refractivity contribution in [2.75, 3.05) is 52.4 Å². The normalized spacial score (nSPS) is 33.8. The highest BCUT2D eigenvalue weighted by molar-refractivity contribution is 6.34. The van der Waals surface area contributed by atoms with E-state index in [1.54, 1.807) is 0 Å². The molecule has 0 spiro atoms. The van der Waals surface area contributed by atoms with Gasteiger partial charge in [0.2, 0.25) is 0 Å². The lowest BCUT2D eigenvalue weighted by Crippen LogP contribution is -2.56. The standard InChI is InChI=1S/C12H26Cl4N6/c1-11(21(13)14)7-17-3-5-19-9-12(2,22(15)16)10-20-6-4-18-8-11/h17-20H,3-10H2,1-2H3. The Hall–Kier alpha value is 0.920. The molecular weight excluding hydrogens is 370 g/mol. The molecule has 0 aromatic rings. The lowest BCUT2D eigenvalue weighted by molar-refractivity contribution is 0.268. The van der Waals surface area contributed by atoms with Crippen LogP contribution in [0.1, 0.15) is 13.8 Å². The molecule has 6 nitrogen and oxygen atoms in total. The maximum Gasteiger partial charge on any atom is 0.0746 e. The van der Waals surface area contributed by atoms with Crippen LogP contribution >= 0.6 is 47.1 Å². The molecule has 0 amide bonds. The lowest BCUT2D eigenvalue weighted by atomic mass is 10.0. The number of hydrogen-bond acceptors (Lipinski definition) is 6. The molecule has 132 valence electrons. The second-order valence-electron chi connectivity index (χ2n) is 6.17. The number of nitrogens with one attached hydrogen (secondary N) is 4. The van der Waals surface area contributed by atoms with Gasteiger partial charge < -0.3 is 21.3 Å². The van der Waals surface area contributed by atoms with Crippen molar-refractivity contribution in [1.82, 2.24) is 29.1 Å². The van der Waals surface area contributed by atoms with Gasteiger partial charge in [-0.3, -0.25) is 0 Å². The second-order valence-corrected chi connectivity index (χ2v) is 7.87. The summed E-state index contributed by atoms with van der Waals surface area (Å²) in [7, 11) is 0. The molecule has 22 heavy (non-hydrogen) atoms. The summed E-state index contributed by atoms with van der Waals surface area (Å²) in [6, 6.07) is 0.